The number of amides is 1. The van der Waals surface area contributed by atoms with Gasteiger partial charge in [0.15, 0.2) is 17.3 Å². The number of nitrogens with one attached hydrogen (secondary N) is 1. The van der Waals surface area contributed by atoms with E-state index < -0.39 is 0 Å². The van der Waals surface area contributed by atoms with Crippen molar-refractivity contribution in [1.82, 2.24) is 5.32 Å². The Morgan fingerprint density at radius 1 is 1.04 bits per heavy atom. The Hall–Kier alpha value is -2.60. The van der Waals surface area contributed by atoms with Gasteiger partial charge in [0, 0.05) is 40.8 Å². The second kappa shape index (κ2) is 5.99. The van der Waals surface area contributed by atoms with Gasteiger partial charge < -0.3 is 14.8 Å². The van der Waals surface area contributed by atoms with Crippen molar-refractivity contribution in [3.8, 4) is 11.5 Å². The Labute approximate surface area is 154 Å². The van der Waals surface area contributed by atoms with Gasteiger partial charge in [-0.2, -0.15) is 0 Å². The first-order valence-corrected chi connectivity index (χ1v) is 9.56. The third-order valence-electron chi connectivity index (χ3n) is 5.28. The topological polar surface area (TPSA) is 64.6 Å². The lowest BCUT2D eigenvalue weighted by atomic mass is 9.74. The van der Waals surface area contributed by atoms with Crippen LogP contribution in [0.4, 0.5) is 0 Å². The fraction of sp³-hybridized carbons (Fsp3) is 0.300. The number of rotatable bonds is 2. The van der Waals surface area contributed by atoms with Gasteiger partial charge in [-0.25, -0.2) is 0 Å². The highest BCUT2D eigenvalue weighted by atomic mass is 32.1. The van der Waals surface area contributed by atoms with Gasteiger partial charge in [-0.3, -0.25) is 9.59 Å². The van der Waals surface area contributed by atoms with Gasteiger partial charge in [-0.05, 0) is 35.6 Å². The zero-order chi connectivity index (χ0) is 17.7. The van der Waals surface area contributed by atoms with Crippen molar-refractivity contribution in [3.63, 3.8) is 0 Å². The molecule has 0 fully saturated rings. The number of allylic oxidation sites excluding steroid dienone is 2. The number of carbonyl (C=O) groups is 2. The molecule has 0 spiro atoms. The minimum atomic E-state index is -0.218. The van der Waals surface area contributed by atoms with Crippen molar-refractivity contribution < 1.29 is 19.1 Å². The number of ether oxygens (including phenoxy) is 2. The maximum Gasteiger partial charge on any atom is 0.231 e. The molecule has 0 bridgehead atoms. The van der Waals surface area contributed by atoms with Crippen LogP contribution in [-0.4, -0.2) is 18.5 Å². The molecular weight excluding hydrogens is 350 g/mol. The number of hydrogen-bond donors (Lipinski definition) is 1. The molecule has 0 saturated heterocycles. The van der Waals surface area contributed by atoms with E-state index in [9.17, 15) is 9.59 Å². The summed E-state index contributed by atoms with van der Waals surface area (Å²) >= 11 is 1.66. The Morgan fingerprint density at radius 3 is 2.77 bits per heavy atom. The molecule has 0 radical (unpaired) electrons. The van der Waals surface area contributed by atoms with E-state index in [0.717, 1.165) is 16.8 Å². The summed E-state index contributed by atoms with van der Waals surface area (Å²) in [6.07, 6.45) is 1.48. The molecule has 3 aliphatic rings. The molecule has 132 valence electrons. The van der Waals surface area contributed by atoms with Gasteiger partial charge >= 0.3 is 0 Å². The number of ketones is 1. The molecule has 2 atom stereocenters. The fourth-order valence-electron chi connectivity index (χ4n) is 4.10. The Morgan fingerprint density at radius 2 is 1.92 bits per heavy atom. The summed E-state index contributed by atoms with van der Waals surface area (Å²) < 4.78 is 10.8. The summed E-state index contributed by atoms with van der Waals surface area (Å²) in [7, 11) is 0. The molecule has 3 heterocycles. The molecule has 1 aromatic heterocycles. The number of fused-ring (bicyclic) bond motifs is 1. The van der Waals surface area contributed by atoms with Crippen LogP contribution in [0.2, 0.25) is 0 Å². The van der Waals surface area contributed by atoms with Gasteiger partial charge in [0.1, 0.15) is 0 Å². The first-order valence-electron chi connectivity index (χ1n) is 8.68. The summed E-state index contributed by atoms with van der Waals surface area (Å²) in [5, 5.41) is 4.99. The van der Waals surface area contributed by atoms with Crippen LogP contribution in [-0.2, 0) is 9.59 Å². The standard InChI is InChI=1S/C20H17NO4S/c22-15-7-12(18-2-1-5-26-18)6-14-20(15)13(9-19(23)21-14)11-3-4-16-17(8-11)25-10-24-16/h1-5,8,12-13H,6-7,9-10H2,(H,21,23)/t12-,13+/m0/s1. The number of thiophene rings is 1. The number of hydrogen-bond acceptors (Lipinski definition) is 5. The van der Waals surface area contributed by atoms with Crippen molar-refractivity contribution >= 4 is 23.0 Å². The SMILES string of the molecule is O=C1C[C@H](c2ccc3c(c2)OCO3)C2=C(C[C@H](c3cccs3)CC2=O)N1. The van der Waals surface area contributed by atoms with Crippen molar-refractivity contribution in [2.45, 2.75) is 31.1 Å². The third kappa shape index (κ3) is 2.52. The van der Waals surface area contributed by atoms with Crippen LogP contribution in [0.15, 0.2) is 47.0 Å². The van der Waals surface area contributed by atoms with E-state index in [4.69, 9.17) is 9.47 Å². The molecule has 26 heavy (non-hydrogen) atoms. The van der Waals surface area contributed by atoms with Crippen molar-refractivity contribution in [2.75, 3.05) is 6.79 Å². The van der Waals surface area contributed by atoms with E-state index in [1.165, 1.54) is 4.88 Å². The van der Waals surface area contributed by atoms with E-state index >= 15 is 0 Å². The minimum Gasteiger partial charge on any atom is -0.454 e. The zero-order valence-corrected chi connectivity index (χ0v) is 14.8. The average molecular weight is 367 g/mol. The smallest absolute Gasteiger partial charge is 0.231 e. The Kier molecular flexibility index (Phi) is 3.60. The quantitative estimate of drug-likeness (QED) is 0.883. The zero-order valence-electron chi connectivity index (χ0n) is 14.0. The minimum absolute atomic E-state index is 0.0361. The predicted molar refractivity (Wildman–Crippen MR) is 96.4 cm³/mol. The third-order valence-corrected chi connectivity index (χ3v) is 6.32. The van der Waals surface area contributed by atoms with Crippen molar-refractivity contribution in [1.29, 1.82) is 0 Å². The lowest BCUT2D eigenvalue weighted by molar-refractivity contribution is -0.122. The molecule has 1 N–H and O–H groups in total. The summed E-state index contributed by atoms with van der Waals surface area (Å²) in [6, 6.07) is 9.75. The maximum atomic E-state index is 13.0. The molecule has 1 aliphatic carbocycles. The first kappa shape index (κ1) is 15.6. The Bertz CT molecular complexity index is 931. The largest absolute Gasteiger partial charge is 0.454 e. The van der Waals surface area contributed by atoms with Gasteiger partial charge in [0.05, 0.1) is 0 Å². The maximum absolute atomic E-state index is 13.0. The summed E-state index contributed by atoms with van der Waals surface area (Å²) in [5.41, 5.74) is 2.48. The van der Waals surface area contributed by atoms with Gasteiger partial charge in [0.25, 0.3) is 0 Å². The monoisotopic (exact) mass is 367 g/mol. The molecule has 1 aromatic carbocycles. The van der Waals surface area contributed by atoms with Gasteiger partial charge in [-0.15, -0.1) is 11.3 Å². The fourth-order valence-corrected chi connectivity index (χ4v) is 4.93. The lowest BCUT2D eigenvalue weighted by Crippen LogP contribution is -2.38. The Balaban J connectivity index is 1.53. The number of carbonyl (C=O) groups excluding carboxylic acids is 2. The molecule has 2 aromatic rings. The lowest BCUT2D eigenvalue weighted by Gasteiger charge is -2.34. The number of benzene rings is 1. The summed E-state index contributed by atoms with van der Waals surface area (Å²) in [4.78, 5) is 26.5. The second-order valence-corrected chi connectivity index (χ2v) is 7.83. The predicted octanol–water partition coefficient (Wildman–Crippen LogP) is 3.48. The normalized spacial score (nSPS) is 24.5. The summed E-state index contributed by atoms with van der Waals surface area (Å²) in [5.74, 6) is 1.41. The van der Waals surface area contributed by atoms with Crippen LogP contribution in [0.3, 0.4) is 0 Å². The molecule has 5 rings (SSSR count). The van der Waals surface area contributed by atoms with E-state index in [2.05, 4.69) is 11.4 Å². The van der Waals surface area contributed by atoms with Crippen LogP contribution >= 0.6 is 11.3 Å². The highest BCUT2D eigenvalue weighted by Crippen LogP contribution is 2.45. The molecule has 1 amide bonds. The van der Waals surface area contributed by atoms with E-state index in [0.29, 0.717) is 24.3 Å². The molecule has 0 unspecified atom stereocenters. The van der Waals surface area contributed by atoms with Crippen LogP contribution in [0.1, 0.15) is 41.5 Å². The van der Waals surface area contributed by atoms with Gasteiger partial charge in [-0.1, -0.05) is 12.1 Å². The molecule has 0 saturated carbocycles. The van der Waals surface area contributed by atoms with Crippen molar-refractivity contribution in [2.24, 2.45) is 0 Å². The van der Waals surface area contributed by atoms with Gasteiger partial charge in [0.2, 0.25) is 12.7 Å². The van der Waals surface area contributed by atoms with Crippen LogP contribution in [0.5, 0.6) is 11.5 Å². The van der Waals surface area contributed by atoms with Crippen molar-refractivity contribution in [3.05, 3.63) is 57.4 Å². The van der Waals surface area contributed by atoms with Crippen LogP contribution in [0.25, 0.3) is 0 Å². The van der Waals surface area contributed by atoms with Crippen LogP contribution in [0, 0.1) is 0 Å². The molecule has 5 nitrogen and oxygen atoms in total. The highest BCUT2D eigenvalue weighted by molar-refractivity contribution is 7.10. The first-order chi connectivity index (χ1) is 12.7. The average Bonchev–Trinajstić information content (AvgIpc) is 3.31. The van der Waals surface area contributed by atoms with Crippen LogP contribution < -0.4 is 14.8 Å². The highest BCUT2D eigenvalue weighted by Gasteiger charge is 2.38. The van der Waals surface area contributed by atoms with E-state index in [-0.39, 0.29) is 36.7 Å². The summed E-state index contributed by atoms with van der Waals surface area (Å²) in [6.45, 7) is 0.208. The number of Topliss-reactive ketones (excluding diaryl/α,β-unsaturated/α-hetero) is 1. The van der Waals surface area contributed by atoms with E-state index in [1.54, 1.807) is 11.3 Å². The molecule has 6 heteroatoms. The molecule has 2 aliphatic heterocycles. The van der Waals surface area contributed by atoms with E-state index in [1.807, 2.05) is 29.6 Å². The second-order valence-electron chi connectivity index (χ2n) is 6.85. The molecular formula is C20H17NO4S.